The fraction of sp³-hybridized carbons (Fsp3) is 0.281. The molecule has 2 unspecified atom stereocenters. The van der Waals surface area contributed by atoms with E-state index < -0.39 is 35.6 Å². The number of aromatic nitrogens is 4. The Morgan fingerprint density at radius 2 is 1.76 bits per heavy atom. The molecule has 46 heavy (non-hydrogen) atoms. The van der Waals surface area contributed by atoms with Crippen LogP contribution in [-0.2, 0) is 17.4 Å². The first-order valence-corrected chi connectivity index (χ1v) is 14.5. The number of halogens is 3. The number of fused-ring (bicyclic) bond motifs is 1. The number of carbonyl (C=O) groups is 3. The molecule has 1 N–H and O–H groups in total. The minimum absolute atomic E-state index is 0.0281. The van der Waals surface area contributed by atoms with Crippen molar-refractivity contribution >= 4 is 23.5 Å². The van der Waals surface area contributed by atoms with Crippen molar-refractivity contribution in [2.75, 3.05) is 18.0 Å². The summed E-state index contributed by atoms with van der Waals surface area (Å²) < 4.78 is 40.2. The molecule has 4 aromatic rings. The first-order valence-electron chi connectivity index (χ1n) is 14.5. The molecular formula is C32H29F3N8O3. The molecule has 0 saturated carbocycles. The molecular weight excluding hydrogens is 601 g/mol. The molecule has 3 amide bonds. The zero-order valence-corrected chi connectivity index (χ0v) is 24.7. The first-order chi connectivity index (χ1) is 22.1. The number of amides is 3. The number of likely N-dealkylation sites (N-methyl/N-ethyl adjacent to an activating group) is 1. The van der Waals surface area contributed by atoms with Gasteiger partial charge in [-0.3, -0.25) is 19.3 Å². The Kier molecular flexibility index (Phi) is 9.41. The Morgan fingerprint density at radius 1 is 1.07 bits per heavy atom. The minimum Gasteiger partial charge on any atom is -0.337 e. The van der Waals surface area contributed by atoms with Crippen LogP contribution in [-0.4, -0.2) is 67.5 Å². The molecule has 2 aromatic carbocycles. The number of anilines is 1. The fourth-order valence-electron chi connectivity index (χ4n) is 5.32. The average molecular weight is 631 g/mol. The third-order valence-corrected chi connectivity index (χ3v) is 7.52. The smallest absolute Gasteiger partial charge is 0.337 e. The number of nitrogens with zero attached hydrogens (tertiary/aromatic N) is 7. The molecule has 0 bridgehead atoms. The van der Waals surface area contributed by atoms with Gasteiger partial charge in [-0.25, -0.2) is 14.6 Å². The minimum atomic E-state index is -4.71. The molecule has 6 rings (SSSR count). The number of para-hydroxylation sites is 1. The third kappa shape index (κ3) is 6.73. The topological polar surface area (TPSA) is 137 Å². The van der Waals surface area contributed by atoms with Crippen LogP contribution in [0.1, 0.15) is 52.0 Å². The largest absolute Gasteiger partial charge is 0.433 e. The third-order valence-electron chi connectivity index (χ3n) is 7.52. The zero-order chi connectivity index (χ0) is 32.8. The second kappa shape index (κ2) is 13.6. The maximum absolute atomic E-state index is 13.0. The van der Waals surface area contributed by atoms with Crippen molar-refractivity contribution in [2.24, 2.45) is 0 Å². The summed E-state index contributed by atoms with van der Waals surface area (Å²) in [5.74, 6) is -1.44. The lowest BCUT2D eigenvalue weighted by molar-refractivity contribution is -0.141. The summed E-state index contributed by atoms with van der Waals surface area (Å²) in [6, 6.07) is 20.0. The molecule has 0 spiro atoms. The maximum Gasteiger partial charge on any atom is 0.433 e. The van der Waals surface area contributed by atoms with Crippen LogP contribution < -0.4 is 10.2 Å². The van der Waals surface area contributed by atoms with Crippen LogP contribution in [0.2, 0.25) is 0 Å². The highest BCUT2D eigenvalue weighted by molar-refractivity contribution is 6.03. The van der Waals surface area contributed by atoms with Crippen molar-refractivity contribution in [1.82, 2.24) is 30.0 Å². The predicted molar refractivity (Wildman–Crippen MR) is 160 cm³/mol. The molecule has 236 valence electrons. The number of alkyl halides is 3. The summed E-state index contributed by atoms with van der Waals surface area (Å²) in [6.07, 6.45) is -0.377. The Balaban J connectivity index is 0.000000232. The van der Waals surface area contributed by atoms with E-state index >= 15 is 0 Å². The molecule has 2 aromatic heterocycles. The molecule has 1 saturated heterocycles. The summed E-state index contributed by atoms with van der Waals surface area (Å²) in [7, 11) is 0. The molecule has 14 heteroatoms. The summed E-state index contributed by atoms with van der Waals surface area (Å²) in [5.41, 5.74) is 0.930. The van der Waals surface area contributed by atoms with Gasteiger partial charge in [0.05, 0.1) is 18.0 Å². The van der Waals surface area contributed by atoms with Crippen molar-refractivity contribution in [3.05, 3.63) is 102 Å². The normalized spacial score (nSPS) is 17.4. The van der Waals surface area contributed by atoms with Crippen molar-refractivity contribution in [2.45, 2.75) is 44.4 Å². The van der Waals surface area contributed by atoms with E-state index in [2.05, 4.69) is 26.5 Å². The van der Waals surface area contributed by atoms with E-state index in [1.54, 1.807) is 34.8 Å². The van der Waals surface area contributed by atoms with Gasteiger partial charge in [0.2, 0.25) is 5.82 Å². The number of benzene rings is 2. The van der Waals surface area contributed by atoms with Crippen LogP contribution in [0.4, 0.5) is 19.0 Å². The summed E-state index contributed by atoms with van der Waals surface area (Å²) in [5, 5.41) is 15.7. The Bertz CT molecular complexity index is 1760. The van der Waals surface area contributed by atoms with E-state index in [0.29, 0.717) is 30.5 Å². The van der Waals surface area contributed by atoms with E-state index in [1.165, 1.54) is 4.90 Å². The zero-order valence-electron chi connectivity index (χ0n) is 24.7. The van der Waals surface area contributed by atoms with Crippen molar-refractivity contribution in [1.29, 1.82) is 5.26 Å². The van der Waals surface area contributed by atoms with Crippen LogP contribution in [0.25, 0.3) is 5.69 Å². The Hall–Kier alpha value is -5.58. The lowest BCUT2D eigenvalue weighted by atomic mass is 10.0. The summed E-state index contributed by atoms with van der Waals surface area (Å²) in [4.78, 5) is 47.5. The van der Waals surface area contributed by atoms with Crippen molar-refractivity contribution in [3.63, 3.8) is 0 Å². The standard InChI is InChI=1S/C20H17F3N6O2.C12H12N2O/c1-2-28-18-12(11-25-29(18)13-6-4-3-5-7-13)10-14(19(28)31)26-17(30)16-24-9-8-15(27-16)20(21,22)23;13-9-11-7-4-8-14(11)12(15)10-5-2-1-3-6-10/h3-9,11,14H,2,10H2,1H3,(H,26,30);1-3,5-6,11H,4,7-8H2. The van der Waals surface area contributed by atoms with Crippen molar-refractivity contribution in [3.8, 4) is 11.8 Å². The molecule has 2 aliphatic rings. The number of carbonyl (C=O) groups excluding carboxylic acids is 3. The number of nitriles is 1. The summed E-state index contributed by atoms with van der Waals surface area (Å²) >= 11 is 0. The van der Waals surface area contributed by atoms with Crippen LogP contribution in [0.5, 0.6) is 0 Å². The van der Waals surface area contributed by atoms with Gasteiger partial charge in [-0.1, -0.05) is 36.4 Å². The van der Waals surface area contributed by atoms with Gasteiger partial charge in [0.1, 0.15) is 23.6 Å². The first kappa shape index (κ1) is 31.8. The SMILES string of the molecule is CCN1C(=O)C(NC(=O)c2nccc(C(F)(F)F)n2)Cc2cnn(-c3ccccc3)c21.N#CC1CCCN1C(=O)c1ccccc1. The highest BCUT2D eigenvalue weighted by Crippen LogP contribution is 2.31. The number of likely N-dealkylation sites (tertiary alicyclic amines) is 1. The molecule has 0 aliphatic carbocycles. The Morgan fingerprint density at radius 3 is 2.41 bits per heavy atom. The Labute approximate surface area is 262 Å². The second-order valence-electron chi connectivity index (χ2n) is 10.5. The van der Waals surface area contributed by atoms with E-state index in [-0.39, 0.29) is 18.4 Å². The molecule has 1 fully saturated rings. The molecule has 11 nitrogen and oxygen atoms in total. The van der Waals surface area contributed by atoms with Gasteiger partial charge in [-0.2, -0.15) is 23.5 Å². The highest BCUT2D eigenvalue weighted by atomic mass is 19.4. The van der Waals surface area contributed by atoms with Gasteiger partial charge in [-0.15, -0.1) is 0 Å². The van der Waals surface area contributed by atoms with Gasteiger partial charge < -0.3 is 10.2 Å². The number of hydrogen-bond acceptors (Lipinski definition) is 7. The maximum atomic E-state index is 13.0. The molecule has 4 heterocycles. The van der Waals surface area contributed by atoms with E-state index in [1.807, 2.05) is 48.5 Å². The lowest BCUT2D eigenvalue weighted by Gasteiger charge is -2.32. The average Bonchev–Trinajstić information content (AvgIpc) is 3.73. The van der Waals surface area contributed by atoms with E-state index in [4.69, 9.17) is 5.26 Å². The highest BCUT2D eigenvalue weighted by Gasteiger charge is 2.38. The van der Waals surface area contributed by atoms with Crippen LogP contribution in [0.15, 0.2) is 79.1 Å². The monoisotopic (exact) mass is 630 g/mol. The van der Waals surface area contributed by atoms with Gasteiger partial charge in [0.25, 0.3) is 17.7 Å². The number of hydrogen-bond donors (Lipinski definition) is 1. The van der Waals surface area contributed by atoms with Crippen LogP contribution in [0.3, 0.4) is 0 Å². The van der Waals surface area contributed by atoms with E-state index in [9.17, 15) is 27.6 Å². The fourth-order valence-corrected chi connectivity index (χ4v) is 5.32. The lowest BCUT2D eigenvalue weighted by Crippen LogP contribution is -2.53. The molecule has 0 radical (unpaired) electrons. The van der Waals surface area contributed by atoms with E-state index in [0.717, 1.165) is 30.3 Å². The van der Waals surface area contributed by atoms with Gasteiger partial charge in [0, 0.05) is 36.8 Å². The predicted octanol–water partition coefficient (Wildman–Crippen LogP) is 4.20. The molecule has 2 atom stereocenters. The van der Waals surface area contributed by atoms with Crippen LogP contribution >= 0.6 is 0 Å². The van der Waals surface area contributed by atoms with Crippen LogP contribution in [0, 0.1) is 11.3 Å². The second-order valence-corrected chi connectivity index (χ2v) is 10.5. The number of nitrogens with one attached hydrogen (secondary N) is 1. The van der Waals surface area contributed by atoms with Gasteiger partial charge >= 0.3 is 6.18 Å². The number of rotatable bonds is 5. The van der Waals surface area contributed by atoms with Gasteiger partial charge in [0.15, 0.2) is 0 Å². The van der Waals surface area contributed by atoms with Crippen molar-refractivity contribution < 1.29 is 27.6 Å². The molecule has 2 aliphatic heterocycles. The van der Waals surface area contributed by atoms with Gasteiger partial charge in [-0.05, 0) is 50.1 Å². The summed E-state index contributed by atoms with van der Waals surface area (Å²) in [6.45, 7) is 2.80. The quantitative estimate of drug-likeness (QED) is 0.349.